The lowest BCUT2D eigenvalue weighted by Gasteiger charge is -2.20. The van der Waals surface area contributed by atoms with Crippen LogP contribution in [0.15, 0.2) is 41.2 Å². The van der Waals surface area contributed by atoms with Crippen LogP contribution in [-0.4, -0.2) is 15.3 Å². The first kappa shape index (κ1) is 15.3. The first-order chi connectivity index (χ1) is 11.8. The van der Waals surface area contributed by atoms with Crippen molar-refractivity contribution in [3.63, 3.8) is 0 Å². The van der Waals surface area contributed by atoms with Gasteiger partial charge in [0.15, 0.2) is 5.82 Å². The number of fused-ring (bicyclic) bond motifs is 4. The van der Waals surface area contributed by atoms with Gasteiger partial charge < -0.3 is 0 Å². The smallest absolute Gasteiger partial charge is 0.266 e. The molecule has 25 heavy (non-hydrogen) atoms. The zero-order valence-electron chi connectivity index (χ0n) is 14.1. The third-order valence-electron chi connectivity index (χ3n) is 4.52. The summed E-state index contributed by atoms with van der Waals surface area (Å²) in [4.78, 5) is 30.4. The van der Waals surface area contributed by atoms with Crippen molar-refractivity contribution in [1.82, 2.24) is 9.55 Å². The highest BCUT2D eigenvalue weighted by atomic mass is 16.1. The maximum Gasteiger partial charge on any atom is 0.266 e. The minimum Gasteiger partial charge on any atom is -0.285 e. The summed E-state index contributed by atoms with van der Waals surface area (Å²) in [6.07, 6.45) is 0. The minimum atomic E-state index is -0.324. The second-order valence-corrected chi connectivity index (χ2v) is 7.20. The molecular formula is C20H15N3O2. The Morgan fingerprint density at radius 3 is 2.56 bits per heavy atom. The predicted molar refractivity (Wildman–Crippen MR) is 94.2 cm³/mol. The maximum atomic E-state index is 13.1. The number of carbonyl (C=O) groups is 1. The van der Waals surface area contributed by atoms with E-state index in [1.54, 1.807) is 18.2 Å². The number of aromatic nitrogens is 2. The molecule has 1 aliphatic heterocycles. The Labute approximate surface area is 144 Å². The van der Waals surface area contributed by atoms with Crippen LogP contribution in [0.1, 0.15) is 48.1 Å². The molecule has 122 valence electrons. The molecule has 0 saturated heterocycles. The van der Waals surface area contributed by atoms with Crippen molar-refractivity contribution >= 4 is 16.7 Å². The number of nitrogens with zero attached hydrogens (tertiary/aromatic N) is 3. The van der Waals surface area contributed by atoms with E-state index in [2.05, 4.69) is 4.98 Å². The number of nitriles is 1. The van der Waals surface area contributed by atoms with Crippen LogP contribution < -0.4 is 5.56 Å². The number of para-hydroxylation sites is 1. The SMILES string of the molecule is CC(C)(C)c1cccc2c(=O)n3c(nc12)C(=O)c1cc(C#N)ccc1-3. The van der Waals surface area contributed by atoms with E-state index in [1.165, 1.54) is 10.6 Å². The zero-order valence-corrected chi connectivity index (χ0v) is 14.1. The summed E-state index contributed by atoms with van der Waals surface area (Å²) in [5.41, 5.74) is 2.23. The number of rotatable bonds is 0. The van der Waals surface area contributed by atoms with Crippen molar-refractivity contribution in [2.24, 2.45) is 0 Å². The standard InChI is InChI=1S/C20H15N3O2/c1-20(2,3)14-6-4-5-12-16(14)22-18-17(24)13-9-11(10-21)7-8-15(13)23(18)19(12)25/h4-9H,1-3H3. The summed E-state index contributed by atoms with van der Waals surface area (Å²) in [5.74, 6) is -0.214. The fourth-order valence-electron chi connectivity index (χ4n) is 3.29. The quantitative estimate of drug-likeness (QED) is 0.497. The first-order valence-electron chi connectivity index (χ1n) is 7.98. The van der Waals surface area contributed by atoms with Gasteiger partial charge in [0.1, 0.15) is 0 Å². The van der Waals surface area contributed by atoms with E-state index in [1.807, 2.05) is 39.0 Å². The second kappa shape index (κ2) is 4.87. The van der Waals surface area contributed by atoms with Gasteiger partial charge in [-0.15, -0.1) is 0 Å². The van der Waals surface area contributed by atoms with E-state index in [4.69, 9.17) is 5.26 Å². The molecule has 0 fully saturated rings. The molecule has 2 heterocycles. The van der Waals surface area contributed by atoms with Gasteiger partial charge in [-0.05, 0) is 35.2 Å². The number of ketones is 1. The molecule has 3 aromatic rings. The van der Waals surface area contributed by atoms with Gasteiger partial charge in [0, 0.05) is 0 Å². The average Bonchev–Trinajstić information content (AvgIpc) is 2.86. The summed E-state index contributed by atoms with van der Waals surface area (Å²) in [6, 6.07) is 12.3. The van der Waals surface area contributed by atoms with E-state index in [-0.39, 0.29) is 22.6 Å². The molecule has 0 radical (unpaired) electrons. The van der Waals surface area contributed by atoms with E-state index in [0.29, 0.717) is 27.7 Å². The molecule has 0 spiro atoms. The lowest BCUT2D eigenvalue weighted by molar-refractivity contribution is 0.103. The summed E-state index contributed by atoms with van der Waals surface area (Å²) in [5, 5.41) is 9.55. The number of hydrogen-bond acceptors (Lipinski definition) is 4. The van der Waals surface area contributed by atoms with Gasteiger partial charge in [0.25, 0.3) is 5.56 Å². The van der Waals surface area contributed by atoms with Gasteiger partial charge in [-0.3, -0.25) is 14.2 Å². The monoisotopic (exact) mass is 329 g/mol. The molecule has 5 nitrogen and oxygen atoms in total. The van der Waals surface area contributed by atoms with E-state index in [0.717, 1.165) is 5.56 Å². The summed E-state index contributed by atoms with van der Waals surface area (Å²) >= 11 is 0. The second-order valence-electron chi connectivity index (χ2n) is 7.20. The Morgan fingerprint density at radius 2 is 1.88 bits per heavy atom. The molecule has 4 rings (SSSR count). The van der Waals surface area contributed by atoms with Crippen molar-refractivity contribution in [2.45, 2.75) is 26.2 Å². The van der Waals surface area contributed by atoms with Crippen molar-refractivity contribution < 1.29 is 4.79 Å². The molecule has 1 aliphatic rings. The van der Waals surface area contributed by atoms with Crippen LogP contribution in [0.25, 0.3) is 16.6 Å². The molecule has 2 aromatic carbocycles. The topological polar surface area (TPSA) is 75.8 Å². The molecule has 5 heteroatoms. The molecule has 0 bridgehead atoms. The molecule has 0 N–H and O–H groups in total. The largest absolute Gasteiger partial charge is 0.285 e. The lowest BCUT2D eigenvalue weighted by atomic mass is 9.85. The van der Waals surface area contributed by atoms with Crippen LogP contribution in [0.2, 0.25) is 0 Å². The normalized spacial score (nSPS) is 12.8. The molecule has 0 saturated carbocycles. The third-order valence-corrected chi connectivity index (χ3v) is 4.52. The van der Waals surface area contributed by atoms with Crippen LogP contribution >= 0.6 is 0 Å². The van der Waals surface area contributed by atoms with E-state index >= 15 is 0 Å². The van der Waals surface area contributed by atoms with Gasteiger partial charge in [0.2, 0.25) is 5.78 Å². The van der Waals surface area contributed by atoms with Crippen LogP contribution in [-0.2, 0) is 5.41 Å². The van der Waals surface area contributed by atoms with Crippen LogP contribution in [0, 0.1) is 11.3 Å². The van der Waals surface area contributed by atoms with Crippen molar-refractivity contribution in [3.8, 4) is 11.8 Å². The lowest BCUT2D eigenvalue weighted by Crippen LogP contribution is -2.23. The summed E-state index contributed by atoms with van der Waals surface area (Å²) in [6.45, 7) is 6.14. The average molecular weight is 329 g/mol. The van der Waals surface area contributed by atoms with Crippen molar-refractivity contribution in [2.75, 3.05) is 0 Å². The number of hydrogen-bond donors (Lipinski definition) is 0. The molecule has 0 unspecified atom stereocenters. The van der Waals surface area contributed by atoms with Crippen molar-refractivity contribution in [3.05, 3.63) is 69.3 Å². The Hall–Kier alpha value is -3.26. The Bertz CT molecular complexity index is 1170. The van der Waals surface area contributed by atoms with Crippen molar-refractivity contribution in [1.29, 1.82) is 5.26 Å². The highest BCUT2D eigenvalue weighted by molar-refractivity contribution is 6.13. The Morgan fingerprint density at radius 1 is 1.12 bits per heavy atom. The predicted octanol–water partition coefficient (Wildman–Crippen LogP) is 3.10. The number of carbonyl (C=O) groups excluding carboxylic acids is 1. The highest BCUT2D eigenvalue weighted by Crippen LogP contribution is 2.31. The molecule has 0 amide bonds. The zero-order chi connectivity index (χ0) is 17.9. The van der Waals surface area contributed by atoms with E-state index in [9.17, 15) is 9.59 Å². The number of benzene rings is 2. The van der Waals surface area contributed by atoms with Gasteiger partial charge in [0.05, 0.1) is 33.8 Å². The van der Waals surface area contributed by atoms with Gasteiger partial charge in [-0.1, -0.05) is 32.9 Å². The highest BCUT2D eigenvalue weighted by Gasteiger charge is 2.31. The van der Waals surface area contributed by atoms with Crippen LogP contribution in [0.5, 0.6) is 0 Å². The van der Waals surface area contributed by atoms with Gasteiger partial charge >= 0.3 is 0 Å². The third kappa shape index (κ3) is 2.04. The Balaban J connectivity index is 2.12. The summed E-state index contributed by atoms with van der Waals surface area (Å²) in [7, 11) is 0. The maximum absolute atomic E-state index is 13.1. The molecule has 0 atom stereocenters. The molecule has 1 aromatic heterocycles. The summed E-state index contributed by atoms with van der Waals surface area (Å²) < 4.78 is 1.35. The molecule has 0 aliphatic carbocycles. The first-order valence-corrected chi connectivity index (χ1v) is 7.98. The van der Waals surface area contributed by atoms with Crippen LogP contribution in [0.3, 0.4) is 0 Å². The molecular weight excluding hydrogens is 314 g/mol. The minimum absolute atomic E-state index is 0.110. The van der Waals surface area contributed by atoms with Gasteiger partial charge in [-0.25, -0.2) is 4.98 Å². The van der Waals surface area contributed by atoms with Gasteiger partial charge in [-0.2, -0.15) is 5.26 Å². The Kier molecular flexibility index (Phi) is 2.98. The fraction of sp³-hybridized carbons (Fsp3) is 0.200. The van der Waals surface area contributed by atoms with E-state index < -0.39 is 0 Å². The van der Waals surface area contributed by atoms with Crippen LogP contribution in [0.4, 0.5) is 0 Å². The fourth-order valence-corrected chi connectivity index (χ4v) is 3.29.